The summed E-state index contributed by atoms with van der Waals surface area (Å²) in [5.74, 6) is -3.48. The van der Waals surface area contributed by atoms with Crippen molar-refractivity contribution in [3.05, 3.63) is 71.0 Å². The largest absolute Gasteiger partial charge is 0.336 e. The molecule has 0 saturated carbocycles. The number of carbonyl (C=O) groups is 2. The van der Waals surface area contributed by atoms with Crippen LogP contribution in [0.15, 0.2) is 42.5 Å². The van der Waals surface area contributed by atoms with E-state index >= 15 is 0 Å². The van der Waals surface area contributed by atoms with Gasteiger partial charge in [-0.1, -0.05) is 30.3 Å². The van der Waals surface area contributed by atoms with Crippen molar-refractivity contribution < 1.29 is 22.8 Å². The zero-order chi connectivity index (χ0) is 22.8. The fourth-order valence-electron chi connectivity index (χ4n) is 4.51. The van der Waals surface area contributed by atoms with E-state index in [9.17, 15) is 22.8 Å². The van der Waals surface area contributed by atoms with Gasteiger partial charge in [-0.15, -0.1) is 0 Å². The predicted molar refractivity (Wildman–Crippen MR) is 112 cm³/mol. The summed E-state index contributed by atoms with van der Waals surface area (Å²) in [6.07, 6.45) is 0.587. The van der Waals surface area contributed by atoms with Gasteiger partial charge in [0.2, 0.25) is 5.91 Å². The first-order valence-corrected chi connectivity index (χ1v) is 10.6. The lowest BCUT2D eigenvalue weighted by Gasteiger charge is -2.34. The van der Waals surface area contributed by atoms with E-state index in [0.717, 1.165) is 11.6 Å². The van der Waals surface area contributed by atoms with Gasteiger partial charge in [-0.25, -0.2) is 18.0 Å². The Balaban J connectivity index is 1.27. The Labute approximate surface area is 184 Å². The predicted octanol–water partition coefficient (Wildman–Crippen LogP) is 2.56. The van der Waals surface area contributed by atoms with Crippen molar-refractivity contribution >= 4 is 11.9 Å². The van der Waals surface area contributed by atoms with Gasteiger partial charge in [0.15, 0.2) is 11.6 Å². The van der Waals surface area contributed by atoms with Crippen molar-refractivity contribution in [3.8, 4) is 0 Å². The van der Waals surface area contributed by atoms with E-state index in [4.69, 9.17) is 5.73 Å². The molecule has 9 heteroatoms. The monoisotopic (exact) mass is 446 g/mol. The van der Waals surface area contributed by atoms with E-state index in [1.54, 1.807) is 9.80 Å². The van der Waals surface area contributed by atoms with Crippen LogP contribution in [0.3, 0.4) is 0 Å². The minimum atomic E-state index is -1.26. The van der Waals surface area contributed by atoms with Crippen LogP contribution in [0.25, 0.3) is 0 Å². The van der Waals surface area contributed by atoms with Crippen LogP contribution in [-0.2, 0) is 17.8 Å². The van der Waals surface area contributed by atoms with E-state index in [-0.39, 0.29) is 42.4 Å². The maximum Gasteiger partial charge on any atom is 0.318 e. The Hall–Kier alpha value is -3.07. The highest BCUT2D eigenvalue weighted by Crippen LogP contribution is 2.31. The first kappa shape index (κ1) is 22.1. The topological polar surface area (TPSA) is 78.7 Å². The zero-order valence-electron chi connectivity index (χ0n) is 17.4. The number of nitrogens with two attached hydrogens (primary N) is 1. The van der Waals surface area contributed by atoms with Crippen LogP contribution in [0, 0.1) is 17.5 Å². The second-order valence-electron chi connectivity index (χ2n) is 8.41. The van der Waals surface area contributed by atoms with Crippen LogP contribution < -0.4 is 11.1 Å². The highest BCUT2D eigenvalue weighted by molar-refractivity contribution is 5.80. The third-order valence-corrected chi connectivity index (χ3v) is 6.12. The number of fused-ring (bicyclic) bond motifs is 2. The van der Waals surface area contributed by atoms with Crippen molar-refractivity contribution in [2.45, 2.75) is 43.9 Å². The molecule has 0 radical (unpaired) electrons. The van der Waals surface area contributed by atoms with Gasteiger partial charge in [0.25, 0.3) is 0 Å². The summed E-state index contributed by atoms with van der Waals surface area (Å²) in [4.78, 5) is 28.7. The highest BCUT2D eigenvalue weighted by atomic mass is 19.2. The van der Waals surface area contributed by atoms with Crippen LogP contribution in [-0.4, -0.2) is 53.0 Å². The minimum Gasteiger partial charge on any atom is -0.336 e. The van der Waals surface area contributed by atoms with E-state index in [1.165, 1.54) is 0 Å². The lowest BCUT2D eigenvalue weighted by Crippen LogP contribution is -2.53. The molecule has 4 rings (SSSR count). The second kappa shape index (κ2) is 9.20. The van der Waals surface area contributed by atoms with E-state index in [1.807, 2.05) is 30.3 Å². The Morgan fingerprint density at radius 1 is 1.00 bits per heavy atom. The van der Waals surface area contributed by atoms with Crippen molar-refractivity contribution in [1.82, 2.24) is 15.1 Å². The molecule has 3 atom stereocenters. The maximum atomic E-state index is 13.8. The fourth-order valence-corrected chi connectivity index (χ4v) is 4.51. The first-order valence-electron chi connectivity index (χ1n) is 10.6. The Morgan fingerprint density at radius 3 is 2.34 bits per heavy atom. The number of amides is 3. The number of nitrogens with zero attached hydrogens (tertiary/aromatic N) is 2. The number of hydrogen-bond donors (Lipinski definition) is 2. The van der Waals surface area contributed by atoms with Crippen molar-refractivity contribution in [1.29, 1.82) is 0 Å². The second-order valence-corrected chi connectivity index (χ2v) is 8.41. The Bertz CT molecular complexity index is 1000. The van der Waals surface area contributed by atoms with Gasteiger partial charge in [0.1, 0.15) is 5.82 Å². The van der Waals surface area contributed by atoms with Gasteiger partial charge >= 0.3 is 6.03 Å². The molecule has 2 aliphatic heterocycles. The van der Waals surface area contributed by atoms with Crippen molar-refractivity contribution in [2.24, 2.45) is 5.73 Å². The molecular formula is C23H25F3N4O2. The van der Waals surface area contributed by atoms with Gasteiger partial charge in [-0.3, -0.25) is 4.79 Å². The number of benzene rings is 2. The average molecular weight is 446 g/mol. The molecule has 0 unspecified atom stereocenters. The third-order valence-electron chi connectivity index (χ3n) is 6.12. The van der Waals surface area contributed by atoms with Gasteiger partial charge in [0, 0.05) is 38.2 Å². The average Bonchev–Trinajstić information content (AvgIpc) is 3.38. The fraction of sp³-hybridized carbons (Fsp3) is 0.391. The highest BCUT2D eigenvalue weighted by Gasteiger charge is 2.47. The first-order chi connectivity index (χ1) is 15.3. The smallest absolute Gasteiger partial charge is 0.318 e. The zero-order valence-corrected chi connectivity index (χ0v) is 17.4. The number of rotatable bonds is 6. The number of hydrogen-bond acceptors (Lipinski definition) is 3. The third kappa shape index (κ3) is 4.72. The summed E-state index contributed by atoms with van der Waals surface area (Å²) >= 11 is 0. The van der Waals surface area contributed by atoms with Gasteiger partial charge < -0.3 is 20.9 Å². The molecule has 0 spiro atoms. The number of halogens is 3. The van der Waals surface area contributed by atoms with E-state index in [2.05, 4.69) is 5.32 Å². The van der Waals surface area contributed by atoms with E-state index < -0.39 is 23.5 Å². The Morgan fingerprint density at radius 2 is 1.66 bits per heavy atom. The molecular weight excluding hydrogens is 421 g/mol. The lowest BCUT2D eigenvalue weighted by atomic mass is 10.0. The lowest BCUT2D eigenvalue weighted by molar-refractivity contribution is -0.133. The molecule has 3 N–H and O–H groups in total. The van der Waals surface area contributed by atoms with Crippen molar-refractivity contribution in [2.75, 3.05) is 13.1 Å². The summed E-state index contributed by atoms with van der Waals surface area (Å²) in [6, 6.07) is 9.85. The van der Waals surface area contributed by atoms with Crippen LogP contribution in [0.4, 0.5) is 18.0 Å². The summed E-state index contributed by atoms with van der Waals surface area (Å²) in [7, 11) is 0. The van der Waals surface area contributed by atoms with Crippen LogP contribution in [0.5, 0.6) is 0 Å². The molecule has 2 aromatic carbocycles. The molecule has 32 heavy (non-hydrogen) atoms. The summed E-state index contributed by atoms with van der Waals surface area (Å²) < 4.78 is 40.3. The number of likely N-dealkylation sites (tertiary alicyclic amines) is 2. The SMILES string of the molecule is N[C@@H](CC(=O)N1C[C@@H]2C[C@H]1CN2C(=O)NCc1ccccc1)Cc1cc(F)c(F)cc1F. The molecule has 170 valence electrons. The quantitative estimate of drug-likeness (QED) is 0.670. The molecule has 0 aliphatic carbocycles. The molecule has 2 aromatic rings. The molecule has 0 aromatic heterocycles. The molecule has 6 nitrogen and oxygen atoms in total. The number of urea groups is 1. The number of carbonyl (C=O) groups excluding carboxylic acids is 2. The van der Waals surface area contributed by atoms with Crippen LogP contribution in [0.2, 0.25) is 0 Å². The van der Waals surface area contributed by atoms with Crippen molar-refractivity contribution in [3.63, 3.8) is 0 Å². The normalized spacial score (nSPS) is 20.5. The standard InChI is InChI=1S/C23H25F3N4O2/c24-19-10-21(26)20(25)7-15(19)6-16(27)8-22(31)29-12-18-9-17(29)13-30(18)23(32)28-11-14-4-2-1-3-5-14/h1-5,7,10,16-18H,6,8-9,11-13,27H2,(H,28,32)/t16-,17+,18+/m1/s1. The summed E-state index contributed by atoms with van der Waals surface area (Å²) in [6.45, 7) is 1.31. The minimum absolute atomic E-state index is 0.0398. The molecule has 3 amide bonds. The van der Waals surface area contributed by atoms with Gasteiger partial charge in [-0.05, 0) is 30.0 Å². The van der Waals surface area contributed by atoms with Crippen LogP contribution in [0.1, 0.15) is 24.0 Å². The molecule has 2 heterocycles. The molecule has 2 saturated heterocycles. The van der Waals surface area contributed by atoms with Gasteiger partial charge in [-0.2, -0.15) is 0 Å². The summed E-state index contributed by atoms with van der Waals surface area (Å²) in [5, 5.41) is 2.91. The van der Waals surface area contributed by atoms with E-state index in [0.29, 0.717) is 32.1 Å². The number of piperazine rings is 1. The maximum absolute atomic E-state index is 13.8. The van der Waals surface area contributed by atoms with Gasteiger partial charge in [0.05, 0.1) is 12.1 Å². The molecule has 2 aliphatic rings. The molecule has 2 fully saturated rings. The Kier molecular flexibility index (Phi) is 6.36. The number of nitrogens with one attached hydrogen (secondary N) is 1. The van der Waals surface area contributed by atoms with Crippen LogP contribution >= 0.6 is 0 Å². The molecule has 2 bridgehead atoms. The summed E-state index contributed by atoms with van der Waals surface area (Å²) in [5.41, 5.74) is 6.94.